The van der Waals surface area contributed by atoms with Crippen LogP contribution in [0, 0.1) is 5.92 Å². The van der Waals surface area contributed by atoms with Crippen LogP contribution in [0.25, 0.3) is 0 Å². The van der Waals surface area contributed by atoms with Crippen LogP contribution < -0.4 is 10.6 Å². The number of methoxy groups -OCH3 is 1. The molecule has 0 spiro atoms. The summed E-state index contributed by atoms with van der Waals surface area (Å²) in [6.07, 6.45) is 3.39. The van der Waals surface area contributed by atoms with Gasteiger partial charge in [-0.3, -0.25) is 4.99 Å². The lowest BCUT2D eigenvalue weighted by Gasteiger charge is -2.16. The fraction of sp³-hybridized carbons (Fsp3) is 0.650. The monoisotopic (exact) mass is 346 g/mol. The first-order valence-corrected chi connectivity index (χ1v) is 9.59. The van der Waals surface area contributed by atoms with Gasteiger partial charge in [-0.2, -0.15) is 0 Å². The summed E-state index contributed by atoms with van der Waals surface area (Å²) in [7, 11) is 1.74. The highest BCUT2D eigenvalue weighted by molar-refractivity contribution is 5.79. The molecule has 1 aromatic carbocycles. The van der Waals surface area contributed by atoms with E-state index in [4.69, 9.17) is 9.73 Å². The van der Waals surface area contributed by atoms with Crippen LogP contribution in [-0.4, -0.2) is 63.8 Å². The number of hydrogen-bond donors (Lipinski definition) is 2. The molecule has 0 bridgehead atoms. The van der Waals surface area contributed by atoms with Crippen LogP contribution in [0.3, 0.4) is 0 Å². The van der Waals surface area contributed by atoms with Crippen molar-refractivity contribution in [2.75, 3.05) is 53.0 Å². The van der Waals surface area contributed by atoms with Gasteiger partial charge in [0, 0.05) is 46.4 Å². The van der Waals surface area contributed by atoms with Crippen molar-refractivity contribution in [3.05, 3.63) is 35.9 Å². The minimum absolute atomic E-state index is 0.671. The summed E-state index contributed by atoms with van der Waals surface area (Å²) >= 11 is 0. The lowest BCUT2D eigenvalue weighted by molar-refractivity contribution is 0.195. The first-order valence-electron chi connectivity index (χ1n) is 9.59. The van der Waals surface area contributed by atoms with E-state index in [9.17, 15) is 0 Å². The van der Waals surface area contributed by atoms with Crippen molar-refractivity contribution in [1.29, 1.82) is 0 Å². The third-order valence-electron chi connectivity index (χ3n) is 4.60. The third-order valence-corrected chi connectivity index (χ3v) is 4.60. The second kappa shape index (κ2) is 11.9. The minimum Gasteiger partial charge on any atom is -0.385 e. The number of hydrogen-bond acceptors (Lipinski definition) is 3. The molecule has 1 atom stereocenters. The van der Waals surface area contributed by atoms with Crippen LogP contribution >= 0.6 is 0 Å². The molecule has 2 N–H and O–H groups in total. The molecule has 5 heteroatoms. The molecular formula is C20H34N4O. The predicted octanol–water partition coefficient (Wildman–Crippen LogP) is 2.14. The Balaban J connectivity index is 1.68. The molecule has 25 heavy (non-hydrogen) atoms. The Labute approximate surface area is 152 Å². The predicted molar refractivity (Wildman–Crippen MR) is 105 cm³/mol. The Kier molecular flexibility index (Phi) is 9.37. The number of benzene rings is 1. The number of likely N-dealkylation sites (tertiary alicyclic amines) is 1. The first kappa shape index (κ1) is 19.7. The van der Waals surface area contributed by atoms with Gasteiger partial charge in [0.15, 0.2) is 5.96 Å². The quantitative estimate of drug-likeness (QED) is 0.387. The van der Waals surface area contributed by atoms with Crippen LogP contribution in [0.4, 0.5) is 0 Å². The molecule has 5 nitrogen and oxygen atoms in total. The standard InChI is InChI=1S/C20H34N4O/c1-3-21-20(22-12-7-15-25-2)23-16-19-11-14-24(17-19)13-10-18-8-5-4-6-9-18/h4-6,8-9,19H,3,7,10-17H2,1-2H3,(H2,21,22,23). The van der Waals surface area contributed by atoms with Crippen molar-refractivity contribution in [2.24, 2.45) is 10.9 Å². The van der Waals surface area contributed by atoms with Gasteiger partial charge in [-0.05, 0) is 44.2 Å². The second-order valence-corrected chi connectivity index (χ2v) is 6.68. The van der Waals surface area contributed by atoms with Crippen LogP contribution in [-0.2, 0) is 11.2 Å². The topological polar surface area (TPSA) is 48.9 Å². The van der Waals surface area contributed by atoms with E-state index in [0.717, 1.165) is 51.6 Å². The fourth-order valence-corrected chi connectivity index (χ4v) is 3.18. The number of ether oxygens (including phenoxy) is 1. The SMILES string of the molecule is CCNC(=NCC1CCN(CCc2ccccc2)C1)NCCCOC. The highest BCUT2D eigenvalue weighted by atomic mass is 16.5. The highest BCUT2D eigenvalue weighted by Gasteiger charge is 2.21. The summed E-state index contributed by atoms with van der Waals surface area (Å²) in [5.41, 5.74) is 1.43. The lowest BCUT2D eigenvalue weighted by Crippen LogP contribution is -2.38. The molecule has 1 aliphatic heterocycles. The molecule has 1 saturated heterocycles. The fourth-order valence-electron chi connectivity index (χ4n) is 3.18. The van der Waals surface area contributed by atoms with Crippen LogP contribution in [0.2, 0.25) is 0 Å². The maximum Gasteiger partial charge on any atom is 0.191 e. The van der Waals surface area contributed by atoms with E-state index in [2.05, 4.69) is 52.8 Å². The molecule has 0 radical (unpaired) electrons. The van der Waals surface area contributed by atoms with Gasteiger partial charge in [-0.1, -0.05) is 30.3 Å². The van der Waals surface area contributed by atoms with Crippen molar-refractivity contribution in [3.8, 4) is 0 Å². The molecule has 0 amide bonds. The summed E-state index contributed by atoms with van der Waals surface area (Å²) in [5, 5.41) is 6.71. The molecule has 140 valence electrons. The summed E-state index contributed by atoms with van der Waals surface area (Å²) in [6.45, 7) is 9.10. The normalized spacial score (nSPS) is 18.5. The molecule has 2 rings (SSSR count). The van der Waals surface area contributed by atoms with E-state index in [1.165, 1.54) is 25.1 Å². The van der Waals surface area contributed by atoms with E-state index >= 15 is 0 Å². The number of guanidine groups is 1. The molecule has 1 fully saturated rings. The molecule has 1 aromatic rings. The summed E-state index contributed by atoms with van der Waals surface area (Å²) < 4.78 is 5.09. The van der Waals surface area contributed by atoms with Gasteiger partial charge in [0.25, 0.3) is 0 Å². The van der Waals surface area contributed by atoms with Crippen LogP contribution in [0.5, 0.6) is 0 Å². The van der Waals surface area contributed by atoms with Gasteiger partial charge >= 0.3 is 0 Å². The Morgan fingerprint density at radius 3 is 2.88 bits per heavy atom. The molecule has 1 heterocycles. The molecule has 0 saturated carbocycles. The van der Waals surface area contributed by atoms with Crippen molar-refractivity contribution in [3.63, 3.8) is 0 Å². The highest BCUT2D eigenvalue weighted by Crippen LogP contribution is 2.17. The molecular weight excluding hydrogens is 312 g/mol. The minimum atomic E-state index is 0.671. The zero-order valence-corrected chi connectivity index (χ0v) is 15.8. The maximum absolute atomic E-state index is 5.09. The van der Waals surface area contributed by atoms with E-state index < -0.39 is 0 Å². The third kappa shape index (κ3) is 7.88. The second-order valence-electron chi connectivity index (χ2n) is 6.68. The zero-order chi connectivity index (χ0) is 17.7. The van der Waals surface area contributed by atoms with Gasteiger partial charge in [-0.25, -0.2) is 0 Å². The molecule has 0 aromatic heterocycles. The van der Waals surface area contributed by atoms with E-state index in [1.54, 1.807) is 7.11 Å². The largest absolute Gasteiger partial charge is 0.385 e. The average molecular weight is 347 g/mol. The number of rotatable bonds is 10. The van der Waals surface area contributed by atoms with Crippen molar-refractivity contribution >= 4 is 5.96 Å². The molecule has 1 aliphatic rings. The van der Waals surface area contributed by atoms with E-state index in [-0.39, 0.29) is 0 Å². The lowest BCUT2D eigenvalue weighted by atomic mass is 10.1. The number of nitrogens with one attached hydrogen (secondary N) is 2. The Hall–Kier alpha value is -1.59. The first-order chi connectivity index (χ1) is 12.3. The molecule has 1 unspecified atom stereocenters. The van der Waals surface area contributed by atoms with E-state index in [0.29, 0.717) is 5.92 Å². The van der Waals surface area contributed by atoms with Gasteiger partial charge < -0.3 is 20.3 Å². The van der Waals surface area contributed by atoms with E-state index in [1.807, 2.05) is 0 Å². The van der Waals surface area contributed by atoms with Crippen molar-refractivity contribution < 1.29 is 4.74 Å². The Bertz CT molecular complexity index is 492. The van der Waals surface area contributed by atoms with Gasteiger partial charge in [0.05, 0.1) is 0 Å². The molecule has 0 aliphatic carbocycles. The van der Waals surface area contributed by atoms with Gasteiger partial charge in [0.2, 0.25) is 0 Å². The summed E-state index contributed by atoms with van der Waals surface area (Å²) in [4.78, 5) is 7.35. The smallest absolute Gasteiger partial charge is 0.191 e. The van der Waals surface area contributed by atoms with Gasteiger partial charge in [-0.15, -0.1) is 0 Å². The Morgan fingerprint density at radius 2 is 2.12 bits per heavy atom. The number of nitrogens with zero attached hydrogens (tertiary/aromatic N) is 2. The number of aliphatic imine (C=N–C) groups is 1. The zero-order valence-electron chi connectivity index (χ0n) is 15.8. The average Bonchev–Trinajstić information content (AvgIpc) is 3.10. The summed E-state index contributed by atoms with van der Waals surface area (Å²) in [6, 6.07) is 10.8. The Morgan fingerprint density at radius 1 is 1.28 bits per heavy atom. The van der Waals surface area contributed by atoms with Crippen LogP contribution in [0.15, 0.2) is 35.3 Å². The maximum atomic E-state index is 5.09. The van der Waals surface area contributed by atoms with Crippen molar-refractivity contribution in [1.82, 2.24) is 15.5 Å². The summed E-state index contributed by atoms with van der Waals surface area (Å²) in [5.74, 6) is 1.60. The van der Waals surface area contributed by atoms with Crippen LogP contribution in [0.1, 0.15) is 25.3 Å². The van der Waals surface area contributed by atoms with Crippen molar-refractivity contribution in [2.45, 2.75) is 26.2 Å². The van der Waals surface area contributed by atoms with Gasteiger partial charge in [0.1, 0.15) is 0 Å².